The predicted octanol–water partition coefficient (Wildman–Crippen LogP) is 1.89. The van der Waals surface area contributed by atoms with Gasteiger partial charge in [-0.3, -0.25) is 4.68 Å². The van der Waals surface area contributed by atoms with Gasteiger partial charge in [-0.1, -0.05) is 0 Å². The molecule has 1 saturated carbocycles. The maximum atomic E-state index is 12.0. The zero-order valence-electron chi connectivity index (χ0n) is 15.5. The number of amides is 1. The van der Waals surface area contributed by atoms with Crippen molar-refractivity contribution in [1.82, 2.24) is 20.4 Å². The molecule has 0 radical (unpaired) electrons. The summed E-state index contributed by atoms with van der Waals surface area (Å²) in [4.78, 5) is 12.0. The van der Waals surface area contributed by atoms with E-state index in [1.165, 1.54) is 0 Å². The standard InChI is InChI=1S/C17H30N4O3/c1-7-23-14-8-13(19-16(22)24-17(3,4)5)15(14)18-9-12-10-21(6)20-11(12)2/h10,13-15,18H,7-9H2,1-6H3,(H,19,22). The SMILES string of the molecule is CCOC1CC(NC(=O)OC(C)(C)C)C1NCc1cn(C)nc1C. The van der Waals surface area contributed by atoms with Crippen molar-refractivity contribution in [2.75, 3.05) is 6.61 Å². The van der Waals surface area contributed by atoms with E-state index < -0.39 is 5.60 Å². The Bertz CT molecular complexity index is 565. The van der Waals surface area contributed by atoms with Gasteiger partial charge in [0.1, 0.15) is 5.60 Å². The van der Waals surface area contributed by atoms with Gasteiger partial charge in [-0.15, -0.1) is 0 Å². The smallest absolute Gasteiger partial charge is 0.407 e. The van der Waals surface area contributed by atoms with Crippen LogP contribution in [-0.2, 0) is 23.1 Å². The number of alkyl carbamates (subject to hydrolysis) is 1. The van der Waals surface area contributed by atoms with Crippen LogP contribution in [-0.4, -0.2) is 46.3 Å². The Morgan fingerprint density at radius 3 is 2.71 bits per heavy atom. The molecule has 1 aromatic rings. The van der Waals surface area contributed by atoms with Crippen LogP contribution in [0.15, 0.2) is 6.20 Å². The lowest BCUT2D eigenvalue weighted by Crippen LogP contribution is -2.66. The van der Waals surface area contributed by atoms with Crippen LogP contribution in [0.5, 0.6) is 0 Å². The van der Waals surface area contributed by atoms with Gasteiger partial charge in [0, 0.05) is 32.0 Å². The summed E-state index contributed by atoms with van der Waals surface area (Å²) in [7, 11) is 1.91. The molecule has 1 aliphatic carbocycles. The number of hydrogen-bond donors (Lipinski definition) is 2. The van der Waals surface area contributed by atoms with Crippen LogP contribution >= 0.6 is 0 Å². The number of nitrogens with zero attached hydrogens (tertiary/aromatic N) is 2. The molecule has 0 aromatic carbocycles. The molecule has 24 heavy (non-hydrogen) atoms. The third-order valence-electron chi connectivity index (χ3n) is 4.05. The molecule has 0 spiro atoms. The molecule has 0 saturated heterocycles. The monoisotopic (exact) mass is 338 g/mol. The van der Waals surface area contributed by atoms with Gasteiger partial charge in [0.05, 0.1) is 23.9 Å². The van der Waals surface area contributed by atoms with Crippen LogP contribution in [0, 0.1) is 6.92 Å². The molecule has 3 atom stereocenters. The van der Waals surface area contributed by atoms with Crippen LogP contribution in [0.2, 0.25) is 0 Å². The molecule has 1 aliphatic rings. The Morgan fingerprint density at radius 1 is 1.46 bits per heavy atom. The summed E-state index contributed by atoms with van der Waals surface area (Å²) in [5, 5.41) is 10.8. The summed E-state index contributed by atoms with van der Waals surface area (Å²) in [5.41, 5.74) is 1.66. The summed E-state index contributed by atoms with van der Waals surface area (Å²) in [6.45, 7) is 10.9. The van der Waals surface area contributed by atoms with E-state index in [2.05, 4.69) is 15.7 Å². The maximum Gasteiger partial charge on any atom is 0.407 e. The van der Waals surface area contributed by atoms with E-state index in [9.17, 15) is 4.79 Å². The normalized spacial score (nSPS) is 23.7. The molecule has 1 aromatic heterocycles. The first kappa shape index (κ1) is 18.7. The van der Waals surface area contributed by atoms with Crippen molar-refractivity contribution in [3.8, 4) is 0 Å². The summed E-state index contributed by atoms with van der Waals surface area (Å²) in [5.74, 6) is 0. The minimum atomic E-state index is -0.497. The van der Waals surface area contributed by atoms with E-state index in [-0.39, 0.29) is 24.3 Å². The molecule has 136 valence electrons. The van der Waals surface area contributed by atoms with Crippen LogP contribution in [0.3, 0.4) is 0 Å². The Morgan fingerprint density at radius 2 is 2.17 bits per heavy atom. The maximum absolute atomic E-state index is 12.0. The molecule has 1 fully saturated rings. The second-order valence-electron chi connectivity index (χ2n) is 7.30. The molecule has 2 N–H and O–H groups in total. The number of carbonyl (C=O) groups is 1. The van der Waals surface area contributed by atoms with Crippen molar-refractivity contribution >= 4 is 6.09 Å². The largest absolute Gasteiger partial charge is 0.444 e. The third-order valence-corrected chi connectivity index (χ3v) is 4.05. The van der Waals surface area contributed by atoms with Crippen molar-refractivity contribution in [3.05, 3.63) is 17.5 Å². The minimum absolute atomic E-state index is 0.00776. The van der Waals surface area contributed by atoms with E-state index in [0.717, 1.165) is 17.7 Å². The van der Waals surface area contributed by atoms with Crippen molar-refractivity contribution in [3.63, 3.8) is 0 Å². The fraction of sp³-hybridized carbons (Fsp3) is 0.765. The van der Waals surface area contributed by atoms with Crippen molar-refractivity contribution in [1.29, 1.82) is 0 Å². The molecule has 0 bridgehead atoms. The van der Waals surface area contributed by atoms with E-state index in [4.69, 9.17) is 9.47 Å². The van der Waals surface area contributed by atoms with Gasteiger partial charge < -0.3 is 20.1 Å². The summed E-state index contributed by atoms with van der Waals surface area (Å²) in [6, 6.07) is 0.0745. The molecule has 7 nitrogen and oxygen atoms in total. The molecule has 1 amide bonds. The number of aromatic nitrogens is 2. The highest BCUT2D eigenvalue weighted by Crippen LogP contribution is 2.25. The van der Waals surface area contributed by atoms with E-state index >= 15 is 0 Å². The van der Waals surface area contributed by atoms with Crippen LogP contribution < -0.4 is 10.6 Å². The van der Waals surface area contributed by atoms with Gasteiger partial charge in [-0.05, 0) is 41.0 Å². The molecule has 2 rings (SSSR count). The van der Waals surface area contributed by atoms with Gasteiger partial charge in [0.15, 0.2) is 0 Å². The Kier molecular flexibility index (Phi) is 5.87. The molecule has 1 heterocycles. The molecule has 0 aliphatic heterocycles. The van der Waals surface area contributed by atoms with Crippen LogP contribution in [0.1, 0.15) is 45.4 Å². The van der Waals surface area contributed by atoms with Crippen LogP contribution in [0.25, 0.3) is 0 Å². The average Bonchev–Trinajstić information content (AvgIpc) is 2.74. The highest BCUT2D eigenvalue weighted by atomic mass is 16.6. The number of carbonyl (C=O) groups excluding carboxylic acids is 1. The Balaban J connectivity index is 1.92. The second kappa shape index (κ2) is 7.53. The topological polar surface area (TPSA) is 77.4 Å². The minimum Gasteiger partial charge on any atom is -0.444 e. The van der Waals surface area contributed by atoms with Gasteiger partial charge in [0.25, 0.3) is 0 Å². The predicted molar refractivity (Wildman–Crippen MR) is 91.8 cm³/mol. The van der Waals surface area contributed by atoms with Gasteiger partial charge in [-0.25, -0.2) is 4.79 Å². The van der Waals surface area contributed by atoms with Gasteiger partial charge in [-0.2, -0.15) is 5.10 Å². The molecular formula is C17H30N4O3. The Hall–Kier alpha value is -1.60. The number of hydrogen-bond acceptors (Lipinski definition) is 5. The Labute approximate surface area is 144 Å². The van der Waals surface area contributed by atoms with Crippen molar-refractivity contribution in [2.24, 2.45) is 7.05 Å². The molecule has 3 unspecified atom stereocenters. The first-order valence-electron chi connectivity index (χ1n) is 8.53. The van der Waals surface area contributed by atoms with E-state index in [0.29, 0.717) is 13.2 Å². The summed E-state index contributed by atoms with van der Waals surface area (Å²) < 4.78 is 12.9. The lowest BCUT2D eigenvalue weighted by molar-refractivity contribution is -0.0438. The van der Waals surface area contributed by atoms with Crippen molar-refractivity contribution in [2.45, 2.75) is 71.4 Å². The van der Waals surface area contributed by atoms with Gasteiger partial charge in [0.2, 0.25) is 0 Å². The van der Waals surface area contributed by atoms with Crippen molar-refractivity contribution < 1.29 is 14.3 Å². The number of aryl methyl sites for hydroxylation is 2. The average molecular weight is 338 g/mol. The summed E-state index contributed by atoms with van der Waals surface area (Å²) >= 11 is 0. The fourth-order valence-corrected chi connectivity index (χ4v) is 2.92. The fourth-order valence-electron chi connectivity index (χ4n) is 2.92. The highest BCUT2D eigenvalue weighted by molar-refractivity contribution is 5.68. The number of ether oxygens (including phenoxy) is 2. The first-order valence-corrected chi connectivity index (χ1v) is 8.53. The third kappa shape index (κ3) is 4.95. The van der Waals surface area contributed by atoms with Gasteiger partial charge >= 0.3 is 6.09 Å². The first-order chi connectivity index (χ1) is 11.2. The lowest BCUT2D eigenvalue weighted by atomic mass is 9.82. The summed E-state index contributed by atoms with van der Waals surface area (Å²) in [6.07, 6.45) is 2.52. The molecular weight excluding hydrogens is 308 g/mol. The quantitative estimate of drug-likeness (QED) is 0.828. The zero-order chi connectivity index (χ0) is 17.9. The van der Waals surface area contributed by atoms with E-state index in [1.54, 1.807) is 0 Å². The van der Waals surface area contributed by atoms with E-state index in [1.807, 2.05) is 52.5 Å². The molecule has 7 heteroatoms. The van der Waals surface area contributed by atoms with Crippen LogP contribution in [0.4, 0.5) is 4.79 Å². The zero-order valence-corrected chi connectivity index (χ0v) is 15.5. The number of nitrogens with one attached hydrogen (secondary N) is 2. The highest BCUT2D eigenvalue weighted by Gasteiger charge is 2.43. The number of rotatable bonds is 6. The lowest BCUT2D eigenvalue weighted by Gasteiger charge is -2.45. The second-order valence-corrected chi connectivity index (χ2v) is 7.30.